The van der Waals surface area contributed by atoms with E-state index in [1.807, 2.05) is 34.0 Å². The highest BCUT2D eigenvalue weighted by Crippen LogP contribution is 2.25. The lowest BCUT2D eigenvalue weighted by molar-refractivity contribution is 0.0628. The van der Waals surface area contributed by atoms with Crippen LogP contribution in [0.1, 0.15) is 28.5 Å². The SMILES string of the molecule is CCn1cc(CN2CCN(C(=O)c3cc(SC)ccc3Cl)CC2)c(C)n1. The third-order valence-corrected chi connectivity index (χ3v) is 5.88. The summed E-state index contributed by atoms with van der Waals surface area (Å²) in [7, 11) is 0. The van der Waals surface area contributed by atoms with E-state index in [9.17, 15) is 4.79 Å². The van der Waals surface area contributed by atoms with Crippen LogP contribution >= 0.6 is 23.4 Å². The van der Waals surface area contributed by atoms with E-state index in [0.717, 1.165) is 49.9 Å². The van der Waals surface area contributed by atoms with Gasteiger partial charge >= 0.3 is 0 Å². The van der Waals surface area contributed by atoms with E-state index >= 15 is 0 Å². The van der Waals surface area contributed by atoms with Crippen molar-refractivity contribution in [2.24, 2.45) is 0 Å². The Hall–Kier alpha value is -1.50. The Morgan fingerprint density at radius 2 is 2.00 bits per heavy atom. The fourth-order valence-electron chi connectivity index (χ4n) is 3.19. The van der Waals surface area contributed by atoms with Gasteiger partial charge in [0.15, 0.2) is 0 Å². The van der Waals surface area contributed by atoms with E-state index in [4.69, 9.17) is 11.6 Å². The molecule has 2 aromatic rings. The average Bonchev–Trinajstić information content (AvgIpc) is 3.02. The highest BCUT2D eigenvalue weighted by Gasteiger charge is 2.24. The Morgan fingerprint density at radius 1 is 1.27 bits per heavy atom. The van der Waals surface area contributed by atoms with Crippen molar-refractivity contribution in [3.8, 4) is 0 Å². The third kappa shape index (κ3) is 4.24. The van der Waals surface area contributed by atoms with Crippen LogP contribution in [0.3, 0.4) is 0 Å². The van der Waals surface area contributed by atoms with Gasteiger partial charge in [-0.2, -0.15) is 5.10 Å². The van der Waals surface area contributed by atoms with Gasteiger partial charge < -0.3 is 4.90 Å². The first-order valence-corrected chi connectivity index (χ1v) is 10.5. The summed E-state index contributed by atoms with van der Waals surface area (Å²) in [5.74, 6) is 0.0283. The molecule has 0 spiro atoms. The first kappa shape index (κ1) is 19.3. The minimum absolute atomic E-state index is 0.0283. The molecule has 1 saturated heterocycles. The Balaban J connectivity index is 1.61. The lowest BCUT2D eigenvalue weighted by Gasteiger charge is -2.34. The van der Waals surface area contributed by atoms with Gasteiger partial charge in [-0.05, 0) is 38.3 Å². The van der Waals surface area contributed by atoms with Crippen LogP contribution in [-0.4, -0.2) is 57.9 Å². The topological polar surface area (TPSA) is 41.4 Å². The smallest absolute Gasteiger partial charge is 0.255 e. The zero-order valence-corrected chi connectivity index (χ0v) is 17.1. The Morgan fingerprint density at radius 3 is 2.62 bits per heavy atom. The first-order chi connectivity index (χ1) is 12.5. The van der Waals surface area contributed by atoms with Gasteiger partial charge in [-0.15, -0.1) is 11.8 Å². The summed E-state index contributed by atoms with van der Waals surface area (Å²) >= 11 is 7.88. The zero-order chi connectivity index (χ0) is 18.7. The molecule has 1 aromatic carbocycles. The Kier molecular flexibility index (Phi) is 6.27. The second-order valence-electron chi connectivity index (χ2n) is 6.51. The van der Waals surface area contributed by atoms with E-state index in [1.54, 1.807) is 11.8 Å². The number of rotatable bonds is 5. The van der Waals surface area contributed by atoms with Gasteiger partial charge in [0, 0.05) is 55.9 Å². The third-order valence-electron chi connectivity index (χ3n) is 4.83. The summed E-state index contributed by atoms with van der Waals surface area (Å²) < 4.78 is 1.98. The van der Waals surface area contributed by atoms with Crippen molar-refractivity contribution in [2.75, 3.05) is 32.4 Å². The second-order valence-corrected chi connectivity index (χ2v) is 7.80. The summed E-state index contributed by atoms with van der Waals surface area (Å²) in [6, 6.07) is 5.65. The highest BCUT2D eigenvalue weighted by atomic mass is 35.5. The lowest BCUT2D eigenvalue weighted by Crippen LogP contribution is -2.48. The molecule has 0 radical (unpaired) electrons. The molecule has 0 unspecified atom stereocenters. The van der Waals surface area contributed by atoms with Crippen LogP contribution in [0.25, 0.3) is 0 Å². The van der Waals surface area contributed by atoms with Crippen molar-refractivity contribution < 1.29 is 4.79 Å². The predicted molar refractivity (Wildman–Crippen MR) is 107 cm³/mol. The first-order valence-electron chi connectivity index (χ1n) is 8.90. The monoisotopic (exact) mass is 392 g/mol. The van der Waals surface area contributed by atoms with Gasteiger partial charge in [0.25, 0.3) is 5.91 Å². The molecule has 5 nitrogen and oxygen atoms in total. The van der Waals surface area contributed by atoms with Crippen LogP contribution in [0.5, 0.6) is 0 Å². The van der Waals surface area contributed by atoms with Crippen LogP contribution in [-0.2, 0) is 13.1 Å². The van der Waals surface area contributed by atoms with Gasteiger partial charge in [0.1, 0.15) is 0 Å². The number of piperazine rings is 1. The average molecular weight is 393 g/mol. The van der Waals surface area contributed by atoms with Crippen molar-refractivity contribution in [3.63, 3.8) is 0 Å². The van der Waals surface area contributed by atoms with Crippen LogP contribution in [0.4, 0.5) is 0 Å². The van der Waals surface area contributed by atoms with Crippen molar-refractivity contribution >= 4 is 29.3 Å². The quantitative estimate of drug-likeness (QED) is 0.730. The molecular formula is C19H25ClN4OS. The molecule has 0 aliphatic carbocycles. The number of hydrogen-bond acceptors (Lipinski definition) is 4. The fourth-order valence-corrected chi connectivity index (χ4v) is 3.83. The largest absolute Gasteiger partial charge is 0.336 e. The molecule has 0 saturated carbocycles. The summed E-state index contributed by atoms with van der Waals surface area (Å²) in [4.78, 5) is 18.2. The minimum Gasteiger partial charge on any atom is -0.336 e. The molecule has 0 bridgehead atoms. The van der Waals surface area contributed by atoms with E-state index in [0.29, 0.717) is 10.6 Å². The molecule has 7 heteroatoms. The fraction of sp³-hybridized carbons (Fsp3) is 0.474. The highest BCUT2D eigenvalue weighted by molar-refractivity contribution is 7.98. The number of hydrogen-bond donors (Lipinski definition) is 0. The lowest BCUT2D eigenvalue weighted by atomic mass is 10.1. The van der Waals surface area contributed by atoms with Crippen molar-refractivity contribution in [1.82, 2.24) is 19.6 Å². The summed E-state index contributed by atoms with van der Waals surface area (Å²) in [6.07, 6.45) is 4.12. The molecule has 1 aliphatic rings. The number of aryl methyl sites for hydroxylation is 2. The zero-order valence-electron chi connectivity index (χ0n) is 15.5. The Labute approximate surface area is 164 Å². The number of aromatic nitrogens is 2. The second kappa shape index (κ2) is 8.46. The van der Waals surface area contributed by atoms with E-state index in [1.165, 1.54) is 5.56 Å². The number of thioether (sulfide) groups is 1. The maximum Gasteiger partial charge on any atom is 0.255 e. The van der Waals surface area contributed by atoms with Crippen molar-refractivity contribution in [3.05, 3.63) is 46.2 Å². The summed E-state index contributed by atoms with van der Waals surface area (Å²) in [6.45, 7) is 9.10. The maximum absolute atomic E-state index is 12.9. The van der Waals surface area contributed by atoms with Crippen LogP contribution in [0.15, 0.2) is 29.3 Å². The number of benzene rings is 1. The van der Waals surface area contributed by atoms with E-state index in [2.05, 4.69) is 30.0 Å². The van der Waals surface area contributed by atoms with E-state index < -0.39 is 0 Å². The molecule has 0 N–H and O–H groups in total. The van der Waals surface area contributed by atoms with Crippen molar-refractivity contribution in [1.29, 1.82) is 0 Å². The van der Waals surface area contributed by atoms with Gasteiger partial charge in [-0.1, -0.05) is 11.6 Å². The Bertz CT molecular complexity index is 784. The molecule has 0 atom stereocenters. The molecule has 3 rings (SSSR count). The predicted octanol–water partition coefficient (Wildman–Crippen LogP) is 3.54. The van der Waals surface area contributed by atoms with E-state index in [-0.39, 0.29) is 5.91 Å². The molecular weight excluding hydrogens is 368 g/mol. The number of amides is 1. The number of nitrogens with zero attached hydrogens (tertiary/aromatic N) is 4. The molecule has 1 aliphatic heterocycles. The number of carbonyl (C=O) groups is 1. The molecule has 1 fully saturated rings. The molecule has 2 heterocycles. The normalized spacial score (nSPS) is 15.5. The van der Waals surface area contributed by atoms with Gasteiger partial charge in [-0.3, -0.25) is 14.4 Å². The number of carbonyl (C=O) groups excluding carboxylic acids is 1. The maximum atomic E-state index is 12.9. The van der Waals surface area contributed by atoms with Gasteiger partial charge in [0.05, 0.1) is 16.3 Å². The van der Waals surface area contributed by atoms with Crippen LogP contribution in [0, 0.1) is 6.92 Å². The van der Waals surface area contributed by atoms with Gasteiger partial charge in [0.2, 0.25) is 0 Å². The molecule has 1 amide bonds. The minimum atomic E-state index is 0.0283. The number of halogens is 1. The summed E-state index contributed by atoms with van der Waals surface area (Å²) in [5.41, 5.74) is 2.96. The summed E-state index contributed by atoms with van der Waals surface area (Å²) in [5, 5.41) is 5.04. The van der Waals surface area contributed by atoms with Crippen molar-refractivity contribution in [2.45, 2.75) is 31.8 Å². The van der Waals surface area contributed by atoms with Crippen LogP contribution in [0.2, 0.25) is 5.02 Å². The van der Waals surface area contributed by atoms with Crippen LogP contribution < -0.4 is 0 Å². The molecule has 1 aromatic heterocycles. The van der Waals surface area contributed by atoms with Gasteiger partial charge in [-0.25, -0.2) is 0 Å². The standard InChI is InChI=1S/C19H25ClN4OS/c1-4-24-13-15(14(2)21-24)12-22-7-9-23(10-8-22)19(25)17-11-16(26-3)5-6-18(17)20/h5-6,11,13H,4,7-10,12H2,1-3H3. The molecule has 26 heavy (non-hydrogen) atoms. The molecule has 140 valence electrons.